The molecule has 0 spiro atoms. The van der Waals surface area contributed by atoms with Gasteiger partial charge in [-0.15, -0.1) is 0 Å². The highest BCUT2D eigenvalue weighted by Gasteiger charge is 2.03. The van der Waals surface area contributed by atoms with Gasteiger partial charge in [-0.1, -0.05) is 11.6 Å². The molecule has 2 N–H and O–H groups in total. The topological polar surface area (TPSA) is 53.6 Å². The van der Waals surface area contributed by atoms with Crippen molar-refractivity contribution < 1.29 is 0 Å². The first-order valence-corrected chi connectivity index (χ1v) is 6.87. The summed E-state index contributed by atoms with van der Waals surface area (Å²) in [5.74, 6) is 0.823. The largest absolute Gasteiger partial charge is 0.369 e. The second kappa shape index (κ2) is 6.20. The van der Waals surface area contributed by atoms with Crippen molar-refractivity contribution in [2.45, 2.75) is 19.8 Å². The fourth-order valence-electron chi connectivity index (χ4n) is 1.66. The monoisotopic (exact) mass is 328 g/mol. The van der Waals surface area contributed by atoms with Crippen LogP contribution in [0.2, 0.25) is 5.02 Å². The van der Waals surface area contributed by atoms with E-state index in [0.717, 1.165) is 35.4 Å². The molecule has 0 saturated heterocycles. The van der Waals surface area contributed by atoms with Crippen LogP contribution in [0.1, 0.15) is 17.7 Å². The van der Waals surface area contributed by atoms with Crippen molar-refractivity contribution in [3.8, 4) is 0 Å². The van der Waals surface area contributed by atoms with Gasteiger partial charge in [-0.05, 0) is 47.3 Å². The van der Waals surface area contributed by atoms with Crippen LogP contribution in [0.4, 0.5) is 5.82 Å². The third-order valence-electron chi connectivity index (χ3n) is 2.66. The second-order valence-corrected chi connectivity index (χ2v) is 5.33. The van der Waals surface area contributed by atoms with Crippen LogP contribution in [-0.2, 0) is 6.42 Å². The number of hydrogen-bond acceptors (Lipinski definition) is 3. The Balaban J connectivity index is 1.80. The highest BCUT2D eigenvalue weighted by Crippen LogP contribution is 2.23. The van der Waals surface area contributed by atoms with Gasteiger partial charge >= 0.3 is 0 Å². The molecule has 0 fully saturated rings. The number of hydrogen-bond donors (Lipinski definition) is 2. The van der Waals surface area contributed by atoms with Gasteiger partial charge < -0.3 is 5.32 Å². The van der Waals surface area contributed by atoms with E-state index in [4.69, 9.17) is 11.6 Å². The van der Waals surface area contributed by atoms with E-state index in [1.807, 2.05) is 19.2 Å². The summed E-state index contributed by atoms with van der Waals surface area (Å²) in [4.78, 5) is 4.22. The van der Waals surface area contributed by atoms with Crippen molar-refractivity contribution in [3.63, 3.8) is 0 Å². The van der Waals surface area contributed by atoms with Crippen LogP contribution >= 0.6 is 27.5 Å². The van der Waals surface area contributed by atoms with Crippen molar-refractivity contribution in [3.05, 3.63) is 39.2 Å². The minimum absolute atomic E-state index is 0.626. The molecule has 96 valence electrons. The van der Waals surface area contributed by atoms with Crippen LogP contribution in [-0.4, -0.2) is 21.7 Å². The van der Waals surface area contributed by atoms with Crippen molar-refractivity contribution in [2.75, 3.05) is 11.9 Å². The van der Waals surface area contributed by atoms with E-state index in [-0.39, 0.29) is 0 Å². The minimum Gasteiger partial charge on any atom is -0.369 e. The van der Waals surface area contributed by atoms with E-state index in [1.54, 1.807) is 6.20 Å². The van der Waals surface area contributed by atoms with Crippen molar-refractivity contribution in [1.29, 1.82) is 0 Å². The smallest absolute Gasteiger partial charge is 0.140 e. The Morgan fingerprint density at radius 2 is 2.28 bits per heavy atom. The van der Waals surface area contributed by atoms with Crippen molar-refractivity contribution >= 4 is 33.3 Å². The molecule has 2 rings (SSSR count). The van der Waals surface area contributed by atoms with Gasteiger partial charge in [0.1, 0.15) is 5.82 Å². The molecular weight excluding hydrogens is 316 g/mol. The Bertz CT molecular complexity index is 527. The first-order chi connectivity index (χ1) is 8.66. The molecule has 0 aliphatic heterocycles. The van der Waals surface area contributed by atoms with E-state index in [9.17, 15) is 0 Å². The lowest BCUT2D eigenvalue weighted by Crippen LogP contribution is -2.05. The van der Waals surface area contributed by atoms with Gasteiger partial charge in [0, 0.05) is 18.4 Å². The van der Waals surface area contributed by atoms with E-state index in [1.165, 1.54) is 5.56 Å². The number of pyridine rings is 1. The first kappa shape index (κ1) is 13.4. The molecule has 0 saturated carbocycles. The zero-order valence-electron chi connectivity index (χ0n) is 10.0. The highest BCUT2D eigenvalue weighted by molar-refractivity contribution is 9.10. The minimum atomic E-state index is 0.626. The standard InChI is InChI=1S/C12H14BrClN4/c1-8-9(6-17-18-8)3-2-4-15-12-11(13)5-10(14)7-16-12/h5-7H,2-4H2,1H3,(H,15,16)(H,17,18). The molecule has 0 amide bonds. The Hall–Kier alpha value is -1.07. The molecule has 0 aliphatic rings. The van der Waals surface area contributed by atoms with Crippen LogP contribution < -0.4 is 5.32 Å². The van der Waals surface area contributed by atoms with Crippen LogP contribution in [0.5, 0.6) is 0 Å². The zero-order valence-corrected chi connectivity index (χ0v) is 12.3. The SMILES string of the molecule is Cc1[nH]ncc1CCCNc1ncc(Cl)cc1Br. The molecule has 0 radical (unpaired) electrons. The number of halogens is 2. The van der Waals surface area contributed by atoms with Crippen LogP contribution in [0.25, 0.3) is 0 Å². The lowest BCUT2D eigenvalue weighted by molar-refractivity contribution is 0.853. The summed E-state index contributed by atoms with van der Waals surface area (Å²) >= 11 is 9.26. The average molecular weight is 330 g/mol. The molecule has 0 bridgehead atoms. The van der Waals surface area contributed by atoms with Gasteiger partial charge in [0.25, 0.3) is 0 Å². The van der Waals surface area contributed by atoms with Crippen molar-refractivity contribution in [2.24, 2.45) is 0 Å². The molecular formula is C12H14BrClN4. The van der Waals surface area contributed by atoms with E-state index in [2.05, 4.69) is 36.4 Å². The second-order valence-electron chi connectivity index (χ2n) is 4.03. The molecule has 0 atom stereocenters. The number of anilines is 1. The molecule has 0 unspecified atom stereocenters. The summed E-state index contributed by atoms with van der Waals surface area (Å²) in [6.07, 6.45) is 5.54. The maximum absolute atomic E-state index is 5.83. The van der Waals surface area contributed by atoms with Gasteiger partial charge in [0.15, 0.2) is 0 Å². The fraction of sp³-hybridized carbons (Fsp3) is 0.333. The summed E-state index contributed by atoms with van der Waals surface area (Å²) in [5.41, 5.74) is 2.40. The Morgan fingerprint density at radius 3 is 2.94 bits per heavy atom. The molecule has 2 aromatic heterocycles. The van der Waals surface area contributed by atoms with E-state index < -0.39 is 0 Å². The predicted octanol–water partition coefficient (Wildman–Crippen LogP) is 3.57. The highest BCUT2D eigenvalue weighted by atomic mass is 79.9. The number of rotatable bonds is 5. The van der Waals surface area contributed by atoms with Crippen LogP contribution in [0.3, 0.4) is 0 Å². The van der Waals surface area contributed by atoms with Gasteiger partial charge in [-0.2, -0.15) is 5.10 Å². The Labute approximate surface area is 119 Å². The van der Waals surface area contributed by atoms with E-state index >= 15 is 0 Å². The van der Waals surface area contributed by atoms with Crippen molar-refractivity contribution in [1.82, 2.24) is 15.2 Å². The molecule has 4 nitrogen and oxygen atoms in total. The number of aromatic amines is 1. The zero-order chi connectivity index (χ0) is 13.0. The molecule has 6 heteroatoms. The molecule has 0 aromatic carbocycles. The van der Waals surface area contributed by atoms with Gasteiger partial charge in [0.05, 0.1) is 15.7 Å². The predicted molar refractivity (Wildman–Crippen MR) is 77.1 cm³/mol. The summed E-state index contributed by atoms with van der Waals surface area (Å²) < 4.78 is 0.884. The summed E-state index contributed by atoms with van der Waals surface area (Å²) in [5, 5.41) is 10.8. The average Bonchev–Trinajstić information content (AvgIpc) is 2.73. The maximum Gasteiger partial charge on any atom is 0.140 e. The number of aromatic nitrogens is 3. The third kappa shape index (κ3) is 3.46. The number of aryl methyl sites for hydroxylation is 2. The van der Waals surface area contributed by atoms with Crippen LogP contribution in [0, 0.1) is 6.92 Å². The van der Waals surface area contributed by atoms with Crippen LogP contribution in [0.15, 0.2) is 22.9 Å². The number of nitrogens with one attached hydrogen (secondary N) is 2. The summed E-state index contributed by atoms with van der Waals surface area (Å²) in [6, 6.07) is 1.83. The normalized spacial score (nSPS) is 10.6. The summed E-state index contributed by atoms with van der Waals surface area (Å²) in [7, 11) is 0. The molecule has 2 heterocycles. The molecule has 18 heavy (non-hydrogen) atoms. The Morgan fingerprint density at radius 1 is 1.44 bits per heavy atom. The number of nitrogens with zero attached hydrogens (tertiary/aromatic N) is 2. The summed E-state index contributed by atoms with van der Waals surface area (Å²) in [6.45, 7) is 2.89. The Kier molecular flexibility index (Phi) is 4.60. The maximum atomic E-state index is 5.83. The fourth-order valence-corrected chi connectivity index (χ4v) is 2.44. The molecule has 0 aliphatic carbocycles. The first-order valence-electron chi connectivity index (χ1n) is 5.70. The van der Waals surface area contributed by atoms with E-state index in [0.29, 0.717) is 5.02 Å². The van der Waals surface area contributed by atoms with Gasteiger partial charge in [-0.25, -0.2) is 4.98 Å². The van der Waals surface area contributed by atoms with Gasteiger partial charge in [-0.3, -0.25) is 5.10 Å². The third-order valence-corrected chi connectivity index (χ3v) is 3.47. The lowest BCUT2D eigenvalue weighted by atomic mass is 10.1. The lowest BCUT2D eigenvalue weighted by Gasteiger charge is -2.07. The quantitative estimate of drug-likeness (QED) is 0.825. The molecule has 2 aromatic rings. The van der Waals surface area contributed by atoms with Gasteiger partial charge in [0.2, 0.25) is 0 Å². The number of H-pyrrole nitrogens is 1.